The molecule has 30 heavy (non-hydrogen) atoms. The molecule has 3 aromatic rings. The minimum absolute atomic E-state index is 0.0000462. The Kier molecular flexibility index (Phi) is 6.61. The van der Waals surface area contributed by atoms with Crippen LogP contribution in [0.5, 0.6) is 11.5 Å². The van der Waals surface area contributed by atoms with Gasteiger partial charge in [-0.1, -0.05) is 54.6 Å². The lowest BCUT2D eigenvalue weighted by Gasteiger charge is -2.14. The highest BCUT2D eigenvalue weighted by molar-refractivity contribution is 5.77. The van der Waals surface area contributed by atoms with Gasteiger partial charge in [-0.2, -0.15) is 10.5 Å². The number of esters is 1. The van der Waals surface area contributed by atoms with Crippen LogP contribution in [-0.4, -0.2) is 12.1 Å². The van der Waals surface area contributed by atoms with Crippen LogP contribution in [-0.2, 0) is 4.79 Å². The quantitative estimate of drug-likeness (QED) is 0.328. The molecule has 1 unspecified atom stereocenters. The van der Waals surface area contributed by atoms with Crippen molar-refractivity contribution in [3.63, 3.8) is 0 Å². The molecule has 0 heterocycles. The third-order valence-corrected chi connectivity index (χ3v) is 4.26. The van der Waals surface area contributed by atoms with E-state index in [9.17, 15) is 4.79 Å². The molecule has 0 saturated heterocycles. The lowest BCUT2D eigenvalue weighted by atomic mass is 10.1. The highest BCUT2D eigenvalue weighted by Crippen LogP contribution is 2.23. The van der Waals surface area contributed by atoms with Crippen LogP contribution in [0.4, 0.5) is 0 Å². The second-order valence-electron chi connectivity index (χ2n) is 6.42. The van der Waals surface area contributed by atoms with Crippen molar-refractivity contribution in [2.45, 2.75) is 13.0 Å². The standard InChI is InChI=1S/C25H18N2O3/c1-18(29-23-13-9-22(10-14-23)21-5-3-2-4-6-21)25(28)30-24-11-7-19(8-12-24)15-20(16-26)17-27/h2-15,18H,1H3. The summed E-state index contributed by atoms with van der Waals surface area (Å²) in [4.78, 5) is 12.3. The van der Waals surface area contributed by atoms with Crippen molar-refractivity contribution in [2.24, 2.45) is 0 Å². The van der Waals surface area contributed by atoms with Crippen molar-refractivity contribution < 1.29 is 14.3 Å². The summed E-state index contributed by atoms with van der Waals surface area (Å²) in [5.74, 6) is 0.391. The molecule has 0 radical (unpaired) electrons. The highest BCUT2D eigenvalue weighted by atomic mass is 16.6. The number of rotatable bonds is 6. The molecule has 0 spiro atoms. The second-order valence-corrected chi connectivity index (χ2v) is 6.42. The first-order chi connectivity index (χ1) is 14.6. The Labute approximate surface area is 175 Å². The average molecular weight is 394 g/mol. The molecule has 3 rings (SSSR count). The zero-order chi connectivity index (χ0) is 21.3. The first kappa shape index (κ1) is 20.4. The van der Waals surface area contributed by atoms with Crippen LogP contribution in [0, 0.1) is 22.7 Å². The summed E-state index contributed by atoms with van der Waals surface area (Å²) in [6.07, 6.45) is 0.659. The fourth-order valence-corrected chi connectivity index (χ4v) is 2.70. The van der Waals surface area contributed by atoms with E-state index >= 15 is 0 Å². The van der Waals surface area contributed by atoms with Gasteiger partial charge in [-0.25, -0.2) is 4.79 Å². The van der Waals surface area contributed by atoms with Crippen molar-refractivity contribution in [3.8, 4) is 34.8 Å². The molecule has 1 atom stereocenters. The zero-order valence-corrected chi connectivity index (χ0v) is 16.3. The van der Waals surface area contributed by atoms with Gasteiger partial charge in [0.2, 0.25) is 0 Å². The van der Waals surface area contributed by atoms with Gasteiger partial charge in [0.1, 0.15) is 29.2 Å². The summed E-state index contributed by atoms with van der Waals surface area (Å²) in [6, 6.07) is 27.6. The van der Waals surface area contributed by atoms with E-state index in [4.69, 9.17) is 20.0 Å². The normalized spacial score (nSPS) is 10.8. The maximum absolute atomic E-state index is 12.3. The molecular weight excluding hydrogens is 376 g/mol. The molecule has 5 heteroatoms. The molecule has 0 aliphatic carbocycles. The first-order valence-corrected chi connectivity index (χ1v) is 9.25. The van der Waals surface area contributed by atoms with Crippen LogP contribution in [0.3, 0.4) is 0 Å². The van der Waals surface area contributed by atoms with Crippen molar-refractivity contribution >= 4 is 12.0 Å². The third kappa shape index (κ3) is 5.34. The largest absolute Gasteiger partial charge is 0.479 e. The van der Waals surface area contributed by atoms with Crippen LogP contribution in [0.15, 0.2) is 84.4 Å². The maximum Gasteiger partial charge on any atom is 0.352 e. The van der Waals surface area contributed by atoms with Crippen molar-refractivity contribution in [1.82, 2.24) is 0 Å². The first-order valence-electron chi connectivity index (χ1n) is 9.25. The summed E-state index contributed by atoms with van der Waals surface area (Å²) in [5.41, 5.74) is 2.82. The molecule has 0 N–H and O–H groups in total. The van der Waals surface area contributed by atoms with E-state index in [0.717, 1.165) is 11.1 Å². The van der Waals surface area contributed by atoms with E-state index < -0.39 is 12.1 Å². The number of carbonyl (C=O) groups excluding carboxylic acids is 1. The highest BCUT2D eigenvalue weighted by Gasteiger charge is 2.17. The Morgan fingerprint density at radius 2 is 1.40 bits per heavy atom. The number of nitrogens with zero attached hydrogens (tertiary/aromatic N) is 2. The van der Waals surface area contributed by atoms with Gasteiger partial charge in [0.05, 0.1) is 0 Å². The van der Waals surface area contributed by atoms with Gasteiger partial charge in [0.15, 0.2) is 6.10 Å². The average Bonchev–Trinajstić information content (AvgIpc) is 2.79. The smallest absolute Gasteiger partial charge is 0.352 e. The lowest BCUT2D eigenvalue weighted by Crippen LogP contribution is -2.28. The van der Waals surface area contributed by atoms with Gasteiger partial charge in [0.25, 0.3) is 0 Å². The van der Waals surface area contributed by atoms with Gasteiger partial charge in [0, 0.05) is 0 Å². The molecule has 0 bridgehead atoms. The van der Waals surface area contributed by atoms with E-state index in [-0.39, 0.29) is 5.57 Å². The van der Waals surface area contributed by atoms with Gasteiger partial charge in [-0.05, 0) is 54.0 Å². The summed E-state index contributed by atoms with van der Waals surface area (Å²) >= 11 is 0. The fourth-order valence-electron chi connectivity index (χ4n) is 2.70. The van der Waals surface area contributed by atoms with Crippen molar-refractivity contribution in [3.05, 3.63) is 90.0 Å². The van der Waals surface area contributed by atoms with E-state index in [1.807, 2.05) is 54.6 Å². The van der Waals surface area contributed by atoms with E-state index in [1.165, 1.54) is 6.08 Å². The zero-order valence-electron chi connectivity index (χ0n) is 16.3. The van der Waals surface area contributed by atoms with E-state index in [1.54, 1.807) is 43.3 Å². The Morgan fingerprint density at radius 1 is 0.833 bits per heavy atom. The minimum Gasteiger partial charge on any atom is -0.479 e. The number of allylic oxidation sites excluding steroid dienone is 1. The Hall–Kier alpha value is -4.35. The van der Waals surface area contributed by atoms with Gasteiger partial charge in [-0.3, -0.25) is 0 Å². The topological polar surface area (TPSA) is 83.1 Å². The summed E-state index contributed by atoms with van der Waals surface area (Å²) in [6.45, 7) is 1.62. The molecule has 0 fully saturated rings. The predicted octanol–water partition coefficient (Wildman–Crippen LogP) is 5.16. The van der Waals surface area contributed by atoms with E-state index in [2.05, 4.69) is 0 Å². The Bertz CT molecular complexity index is 1100. The Balaban J connectivity index is 1.59. The Morgan fingerprint density at radius 3 is 2.00 bits per heavy atom. The molecule has 0 aromatic heterocycles. The van der Waals surface area contributed by atoms with E-state index in [0.29, 0.717) is 17.1 Å². The number of benzene rings is 3. The molecular formula is C25H18N2O3. The van der Waals surface area contributed by atoms with Crippen LogP contribution in [0.2, 0.25) is 0 Å². The SMILES string of the molecule is CC(Oc1ccc(-c2ccccc2)cc1)C(=O)Oc1ccc(C=C(C#N)C#N)cc1. The molecule has 3 aromatic carbocycles. The summed E-state index contributed by atoms with van der Waals surface area (Å²) in [5, 5.41) is 17.6. The number of hydrogen-bond donors (Lipinski definition) is 0. The predicted molar refractivity (Wildman–Crippen MR) is 113 cm³/mol. The van der Waals surface area contributed by atoms with Crippen LogP contribution >= 0.6 is 0 Å². The van der Waals surface area contributed by atoms with Crippen molar-refractivity contribution in [2.75, 3.05) is 0 Å². The number of nitriles is 2. The summed E-state index contributed by atoms with van der Waals surface area (Å²) < 4.78 is 11.0. The van der Waals surface area contributed by atoms with Crippen molar-refractivity contribution in [1.29, 1.82) is 10.5 Å². The fraction of sp³-hybridized carbons (Fsp3) is 0.0800. The van der Waals surface area contributed by atoms with Crippen LogP contribution in [0.1, 0.15) is 12.5 Å². The third-order valence-electron chi connectivity index (χ3n) is 4.26. The number of hydrogen-bond acceptors (Lipinski definition) is 5. The van der Waals surface area contributed by atoms with Crippen LogP contribution in [0.25, 0.3) is 17.2 Å². The van der Waals surface area contributed by atoms with Crippen LogP contribution < -0.4 is 9.47 Å². The second kappa shape index (κ2) is 9.73. The lowest BCUT2D eigenvalue weighted by molar-refractivity contribution is -0.141. The monoisotopic (exact) mass is 394 g/mol. The number of ether oxygens (including phenoxy) is 2. The van der Waals surface area contributed by atoms with Gasteiger partial charge in [-0.15, -0.1) is 0 Å². The van der Waals surface area contributed by atoms with Gasteiger partial charge >= 0.3 is 5.97 Å². The maximum atomic E-state index is 12.3. The molecule has 0 aliphatic heterocycles. The number of carbonyl (C=O) groups is 1. The molecule has 0 saturated carbocycles. The molecule has 0 aliphatic rings. The molecule has 0 amide bonds. The van der Waals surface area contributed by atoms with Gasteiger partial charge < -0.3 is 9.47 Å². The molecule has 146 valence electrons. The minimum atomic E-state index is -0.795. The summed E-state index contributed by atoms with van der Waals surface area (Å²) in [7, 11) is 0. The molecule has 5 nitrogen and oxygen atoms in total.